The Labute approximate surface area is 155 Å². The molecule has 0 radical (unpaired) electrons. The normalized spacial score (nSPS) is 21.8. The highest BCUT2D eigenvalue weighted by Gasteiger charge is 2.32. The van der Waals surface area contributed by atoms with E-state index in [1.54, 1.807) is 24.3 Å². The number of nitrogens with zero attached hydrogens (tertiary/aromatic N) is 1. The monoisotopic (exact) mass is 377 g/mol. The molecule has 1 amide bonds. The summed E-state index contributed by atoms with van der Waals surface area (Å²) in [5, 5.41) is 3.12. The number of carbonyl (C=O) groups excluding carboxylic acids is 1. The number of unbranched alkanes of at least 4 members (excludes halogenated alkanes) is 1. The summed E-state index contributed by atoms with van der Waals surface area (Å²) in [4.78, 5) is 17.5. The van der Waals surface area contributed by atoms with Crippen LogP contribution in [0, 0.1) is 0 Å². The van der Waals surface area contributed by atoms with E-state index in [9.17, 15) is 13.2 Å². The van der Waals surface area contributed by atoms with Gasteiger partial charge in [-0.25, -0.2) is 8.42 Å². The molecule has 1 aliphatic heterocycles. The number of benzene rings is 1. The summed E-state index contributed by atoms with van der Waals surface area (Å²) in [5.41, 5.74) is 0.541. The van der Waals surface area contributed by atoms with Crippen LogP contribution in [0.25, 0.3) is 0 Å². The molecule has 0 aromatic heterocycles. The molecular formula is C19H27N3O3S. The molecule has 1 heterocycles. The number of carbonyl (C=O) groups is 1. The smallest absolute Gasteiger partial charge is 0.263 e. The Kier molecular flexibility index (Phi) is 5.96. The molecule has 7 heteroatoms. The molecule has 1 saturated carbocycles. The van der Waals surface area contributed by atoms with Crippen LogP contribution in [0.3, 0.4) is 0 Å². The lowest BCUT2D eigenvalue weighted by atomic mass is 9.95. The highest BCUT2D eigenvalue weighted by Crippen LogP contribution is 2.23. The van der Waals surface area contributed by atoms with Crippen molar-refractivity contribution in [1.29, 1.82) is 0 Å². The second-order valence-electron chi connectivity index (χ2n) is 7.08. The molecule has 2 aliphatic rings. The van der Waals surface area contributed by atoms with E-state index in [0.717, 1.165) is 38.5 Å². The molecule has 6 nitrogen and oxygen atoms in total. The first-order valence-electron chi connectivity index (χ1n) is 9.51. The van der Waals surface area contributed by atoms with E-state index in [-0.39, 0.29) is 22.7 Å². The third-order valence-corrected chi connectivity index (χ3v) is 6.43. The number of amides is 1. The molecule has 1 unspecified atom stereocenters. The van der Waals surface area contributed by atoms with Crippen molar-refractivity contribution >= 4 is 21.8 Å². The van der Waals surface area contributed by atoms with Crippen LogP contribution in [0.4, 0.5) is 0 Å². The number of amidine groups is 1. The minimum Gasteiger partial charge on any atom is -0.352 e. The summed E-state index contributed by atoms with van der Waals surface area (Å²) in [7, 11) is -3.59. The van der Waals surface area contributed by atoms with Crippen LogP contribution in [0.2, 0.25) is 0 Å². The maximum atomic E-state index is 12.8. The van der Waals surface area contributed by atoms with Crippen molar-refractivity contribution in [2.24, 2.45) is 4.99 Å². The topological polar surface area (TPSA) is 87.6 Å². The summed E-state index contributed by atoms with van der Waals surface area (Å²) >= 11 is 0. The van der Waals surface area contributed by atoms with Gasteiger partial charge < -0.3 is 5.32 Å². The van der Waals surface area contributed by atoms with Gasteiger partial charge in [-0.15, -0.1) is 0 Å². The summed E-state index contributed by atoms with van der Waals surface area (Å²) in [6.45, 7) is 2.07. The molecule has 1 aliphatic carbocycles. The first kappa shape index (κ1) is 18.9. The number of hydrogen-bond acceptors (Lipinski definition) is 4. The van der Waals surface area contributed by atoms with Crippen molar-refractivity contribution in [3.8, 4) is 0 Å². The Morgan fingerprint density at radius 3 is 2.73 bits per heavy atom. The molecule has 2 N–H and O–H groups in total. The summed E-state index contributed by atoms with van der Waals surface area (Å²) in [6.07, 6.45) is 7.98. The van der Waals surface area contributed by atoms with E-state index in [0.29, 0.717) is 12.0 Å². The fourth-order valence-corrected chi connectivity index (χ4v) is 4.82. The van der Waals surface area contributed by atoms with Gasteiger partial charge in [-0.1, -0.05) is 51.2 Å². The zero-order valence-electron chi connectivity index (χ0n) is 15.2. The fourth-order valence-electron chi connectivity index (χ4n) is 3.58. The van der Waals surface area contributed by atoms with Gasteiger partial charge in [-0.2, -0.15) is 0 Å². The van der Waals surface area contributed by atoms with Crippen molar-refractivity contribution in [2.75, 3.05) is 0 Å². The molecule has 1 aromatic carbocycles. The van der Waals surface area contributed by atoms with E-state index in [2.05, 4.69) is 22.0 Å². The van der Waals surface area contributed by atoms with Gasteiger partial charge in [0.1, 0.15) is 11.9 Å². The van der Waals surface area contributed by atoms with Gasteiger partial charge in [0.05, 0.1) is 4.90 Å². The zero-order valence-corrected chi connectivity index (χ0v) is 16.0. The van der Waals surface area contributed by atoms with E-state index in [1.807, 2.05) is 0 Å². The average Bonchev–Trinajstić information content (AvgIpc) is 2.90. The largest absolute Gasteiger partial charge is 0.352 e. The number of aliphatic imine (C=N–C) groups is 1. The van der Waals surface area contributed by atoms with Crippen molar-refractivity contribution in [2.45, 2.75) is 75.3 Å². The lowest BCUT2D eigenvalue weighted by Crippen LogP contribution is -2.42. The fraction of sp³-hybridized carbons (Fsp3) is 0.579. The molecule has 0 bridgehead atoms. The number of fused-ring (bicyclic) bond motifs is 1. The van der Waals surface area contributed by atoms with Crippen molar-refractivity contribution < 1.29 is 13.2 Å². The lowest BCUT2D eigenvalue weighted by Gasteiger charge is -2.24. The molecule has 0 saturated heterocycles. The number of hydrogen-bond donors (Lipinski definition) is 2. The second-order valence-corrected chi connectivity index (χ2v) is 8.73. The first-order valence-corrected chi connectivity index (χ1v) is 11.0. The van der Waals surface area contributed by atoms with E-state index < -0.39 is 16.1 Å². The third-order valence-electron chi connectivity index (χ3n) is 5.03. The summed E-state index contributed by atoms with van der Waals surface area (Å²) in [5.74, 6) is 0.182. The maximum Gasteiger partial charge on any atom is 0.263 e. The Morgan fingerprint density at radius 1 is 1.27 bits per heavy atom. The molecule has 26 heavy (non-hydrogen) atoms. The summed E-state index contributed by atoms with van der Waals surface area (Å²) < 4.78 is 27.0. The second kappa shape index (κ2) is 8.20. The molecule has 1 atom stereocenters. The van der Waals surface area contributed by atoms with Gasteiger partial charge in [0, 0.05) is 11.6 Å². The maximum absolute atomic E-state index is 12.8. The first-order chi connectivity index (χ1) is 12.5. The van der Waals surface area contributed by atoms with Crippen LogP contribution >= 0.6 is 0 Å². The van der Waals surface area contributed by atoms with Crippen LogP contribution in [0.1, 0.15) is 63.9 Å². The molecule has 0 spiro atoms. The van der Waals surface area contributed by atoms with Crippen LogP contribution in [-0.2, 0) is 14.8 Å². The predicted molar refractivity (Wildman–Crippen MR) is 102 cm³/mol. The lowest BCUT2D eigenvalue weighted by molar-refractivity contribution is -0.123. The standard InChI is InChI=1S/C19H27N3O3S/c1-2-3-12-16(19(23)20-14-9-5-4-6-10-14)21-18-15-11-7-8-13-17(15)26(24,25)22-18/h7-8,11,13-14,16H,2-6,9-10,12H2,1H3,(H,20,23)(H,21,22). The Bertz CT molecular complexity index is 783. The Balaban J connectivity index is 1.82. The van der Waals surface area contributed by atoms with Crippen LogP contribution in [-0.4, -0.2) is 32.2 Å². The van der Waals surface area contributed by atoms with Crippen molar-refractivity contribution in [1.82, 2.24) is 10.0 Å². The Morgan fingerprint density at radius 2 is 2.00 bits per heavy atom. The van der Waals surface area contributed by atoms with Gasteiger partial charge >= 0.3 is 0 Å². The van der Waals surface area contributed by atoms with Crippen LogP contribution < -0.4 is 10.0 Å². The molecule has 142 valence electrons. The minimum absolute atomic E-state index is 0.0959. The van der Waals surface area contributed by atoms with Gasteiger partial charge in [-0.3, -0.25) is 14.5 Å². The van der Waals surface area contributed by atoms with Crippen LogP contribution in [0.5, 0.6) is 0 Å². The molecule has 1 fully saturated rings. The van der Waals surface area contributed by atoms with Gasteiger partial charge in [0.2, 0.25) is 5.91 Å². The third kappa shape index (κ3) is 4.26. The van der Waals surface area contributed by atoms with Gasteiger partial charge in [0.15, 0.2) is 0 Å². The van der Waals surface area contributed by atoms with E-state index in [1.165, 1.54) is 6.42 Å². The van der Waals surface area contributed by atoms with E-state index in [4.69, 9.17) is 0 Å². The number of nitrogens with one attached hydrogen (secondary N) is 2. The quantitative estimate of drug-likeness (QED) is 0.799. The van der Waals surface area contributed by atoms with Crippen molar-refractivity contribution in [3.63, 3.8) is 0 Å². The molecule has 1 aromatic rings. The minimum atomic E-state index is -3.59. The number of rotatable bonds is 6. The van der Waals surface area contributed by atoms with Crippen molar-refractivity contribution in [3.05, 3.63) is 29.8 Å². The Hall–Kier alpha value is -1.89. The highest BCUT2D eigenvalue weighted by atomic mass is 32.2. The van der Waals surface area contributed by atoms with E-state index >= 15 is 0 Å². The summed E-state index contributed by atoms with van der Waals surface area (Å²) in [6, 6.07) is 6.39. The highest BCUT2D eigenvalue weighted by molar-refractivity contribution is 7.90. The SMILES string of the molecule is CCCCC(N=C1NS(=O)(=O)c2ccccc21)C(=O)NC1CCCCC1. The van der Waals surface area contributed by atoms with Crippen LogP contribution in [0.15, 0.2) is 34.2 Å². The average molecular weight is 378 g/mol. The number of sulfonamides is 1. The van der Waals surface area contributed by atoms with Gasteiger partial charge in [0.25, 0.3) is 10.0 Å². The molecular weight excluding hydrogens is 350 g/mol. The molecule has 3 rings (SSSR count). The van der Waals surface area contributed by atoms with Gasteiger partial charge in [-0.05, 0) is 31.4 Å². The zero-order chi connectivity index (χ0) is 18.6. The predicted octanol–water partition coefficient (Wildman–Crippen LogP) is 2.73.